The van der Waals surface area contributed by atoms with E-state index < -0.39 is 0 Å². The molecule has 0 spiro atoms. The van der Waals surface area contributed by atoms with Gasteiger partial charge in [0.25, 0.3) is 0 Å². The highest BCUT2D eigenvalue weighted by atomic mass is 32.2. The van der Waals surface area contributed by atoms with Crippen LogP contribution in [0.1, 0.15) is 38.9 Å². The first-order valence-electron chi connectivity index (χ1n) is 5.89. The molecule has 0 aliphatic carbocycles. The molecule has 0 aliphatic heterocycles. The zero-order valence-corrected chi connectivity index (χ0v) is 12.0. The molecule has 1 heterocycles. The maximum atomic E-state index is 4.33. The summed E-state index contributed by atoms with van der Waals surface area (Å²) in [4.78, 5) is 4.33. The Labute approximate surface area is 107 Å². The van der Waals surface area contributed by atoms with Gasteiger partial charge in [-0.15, -0.1) is 0 Å². The lowest BCUT2D eigenvalue weighted by atomic mass is 10.1. The Morgan fingerprint density at radius 3 is 2.88 bits per heavy atom. The van der Waals surface area contributed by atoms with Crippen LogP contribution >= 0.6 is 23.3 Å². The summed E-state index contributed by atoms with van der Waals surface area (Å²) in [5.74, 6) is 2.06. The summed E-state index contributed by atoms with van der Waals surface area (Å²) in [6, 6.07) is 0.652. The van der Waals surface area contributed by atoms with Crippen LogP contribution < -0.4 is 5.32 Å². The van der Waals surface area contributed by atoms with E-state index in [1.807, 2.05) is 18.7 Å². The van der Waals surface area contributed by atoms with Crippen molar-refractivity contribution >= 4 is 23.3 Å². The van der Waals surface area contributed by atoms with E-state index in [1.165, 1.54) is 30.8 Å². The minimum Gasteiger partial charge on any atom is -0.315 e. The van der Waals surface area contributed by atoms with Crippen molar-refractivity contribution in [2.75, 3.05) is 12.3 Å². The number of unbranched alkanes of at least 4 members (excludes halogenated alkanes) is 1. The number of nitrogens with one attached hydrogen (secondary N) is 1. The summed E-state index contributed by atoms with van der Waals surface area (Å²) in [6.45, 7) is 7.42. The minimum absolute atomic E-state index is 0.652. The predicted molar refractivity (Wildman–Crippen MR) is 72.4 cm³/mol. The van der Waals surface area contributed by atoms with Crippen molar-refractivity contribution in [2.45, 2.75) is 50.4 Å². The van der Waals surface area contributed by atoms with Crippen molar-refractivity contribution < 1.29 is 0 Å². The Morgan fingerprint density at radius 2 is 2.25 bits per heavy atom. The summed E-state index contributed by atoms with van der Waals surface area (Å²) in [6.07, 6.45) is 3.82. The maximum absolute atomic E-state index is 4.33. The predicted octanol–water partition coefficient (Wildman–Crippen LogP) is 3.11. The first-order chi connectivity index (χ1) is 7.72. The Balaban J connectivity index is 2.00. The van der Waals surface area contributed by atoms with Crippen LogP contribution in [0.3, 0.4) is 0 Å². The standard InChI is InChI=1S/C11H21N3S2/c1-4-12-9(2)7-5-6-8-15-11-13-10(3)14-16-11/h9,12H,4-8H2,1-3H3. The van der Waals surface area contributed by atoms with Crippen LogP contribution in [0.15, 0.2) is 4.34 Å². The minimum atomic E-state index is 0.652. The fourth-order valence-electron chi connectivity index (χ4n) is 1.50. The van der Waals surface area contributed by atoms with E-state index in [9.17, 15) is 0 Å². The van der Waals surface area contributed by atoms with E-state index >= 15 is 0 Å². The van der Waals surface area contributed by atoms with E-state index in [4.69, 9.17) is 0 Å². The Morgan fingerprint density at radius 1 is 1.44 bits per heavy atom. The molecule has 1 atom stereocenters. The van der Waals surface area contributed by atoms with Crippen LogP contribution in [-0.4, -0.2) is 27.7 Å². The molecule has 16 heavy (non-hydrogen) atoms. The highest BCUT2D eigenvalue weighted by Gasteiger charge is 2.02. The molecule has 0 aromatic carbocycles. The lowest BCUT2D eigenvalue weighted by Crippen LogP contribution is -2.25. The van der Waals surface area contributed by atoms with Crippen LogP contribution in [-0.2, 0) is 0 Å². The second kappa shape index (κ2) is 8.03. The summed E-state index contributed by atoms with van der Waals surface area (Å²) in [7, 11) is 0. The monoisotopic (exact) mass is 259 g/mol. The van der Waals surface area contributed by atoms with E-state index in [0.29, 0.717) is 6.04 Å². The molecule has 0 fully saturated rings. The summed E-state index contributed by atoms with van der Waals surface area (Å²) in [5, 5.41) is 3.43. The number of nitrogens with zero attached hydrogens (tertiary/aromatic N) is 2. The first kappa shape index (κ1) is 13.9. The molecule has 5 heteroatoms. The van der Waals surface area contributed by atoms with Crippen molar-refractivity contribution in [1.82, 2.24) is 14.7 Å². The molecule has 1 rings (SSSR count). The lowest BCUT2D eigenvalue weighted by Gasteiger charge is -2.10. The van der Waals surface area contributed by atoms with Crippen LogP contribution in [0, 0.1) is 6.92 Å². The van der Waals surface area contributed by atoms with Gasteiger partial charge in [0.15, 0.2) is 4.34 Å². The number of aryl methyl sites for hydroxylation is 1. The molecule has 1 unspecified atom stereocenters. The summed E-state index contributed by atoms with van der Waals surface area (Å²) < 4.78 is 5.28. The number of aromatic nitrogens is 2. The molecule has 0 saturated heterocycles. The molecular weight excluding hydrogens is 238 g/mol. The molecule has 3 nitrogen and oxygen atoms in total. The van der Waals surface area contributed by atoms with E-state index in [1.54, 1.807) is 0 Å². The molecule has 0 amide bonds. The molecule has 92 valence electrons. The van der Waals surface area contributed by atoms with Crippen LogP contribution in [0.25, 0.3) is 0 Å². The summed E-state index contributed by atoms with van der Waals surface area (Å²) in [5.41, 5.74) is 0. The second-order valence-corrected chi connectivity index (χ2v) is 6.00. The van der Waals surface area contributed by atoms with Gasteiger partial charge in [0, 0.05) is 11.8 Å². The molecular formula is C11H21N3S2. The van der Waals surface area contributed by atoms with Crippen molar-refractivity contribution in [2.24, 2.45) is 0 Å². The van der Waals surface area contributed by atoms with Crippen molar-refractivity contribution in [3.05, 3.63) is 5.82 Å². The van der Waals surface area contributed by atoms with Crippen LogP contribution in [0.2, 0.25) is 0 Å². The lowest BCUT2D eigenvalue weighted by molar-refractivity contribution is 0.510. The topological polar surface area (TPSA) is 37.8 Å². The molecule has 0 saturated carbocycles. The fraction of sp³-hybridized carbons (Fsp3) is 0.818. The Hall–Kier alpha value is -0.130. The van der Waals surface area contributed by atoms with Gasteiger partial charge in [0.05, 0.1) is 0 Å². The van der Waals surface area contributed by atoms with Gasteiger partial charge in [-0.1, -0.05) is 25.1 Å². The number of rotatable bonds is 8. The smallest absolute Gasteiger partial charge is 0.170 e. The van der Waals surface area contributed by atoms with E-state index in [-0.39, 0.29) is 0 Å². The third-order valence-electron chi connectivity index (χ3n) is 2.32. The van der Waals surface area contributed by atoms with Crippen molar-refractivity contribution in [3.8, 4) is 0 Å². The van der Waals surface area contributed by atoms with Crippen LogP contribution in [0.4, 0.5) is 0 Å². The SMILES string of the molecule is CCNC(C)CCCCSc1nc(C)ns1. The molecule has 1 aromatic rings. The largest absolute Gasteiger partial charge is 0.315 e. The normalized spacial score (nSPS) is 12.9. The molecule has 1 N–H and O–H groups in total. The molecule has 0 radical (unpaired) electrons. The van der Waals surface area contributed by atoms with Crippen molar-refractivity contribution in [1.29, 1.82) is 0 Å². The second-order valence-electron chi connectivity index (χ2n) is 3.91. The van der Waals surface area contributed by atoms with Gasteiger partial charge in [-0.25, -0.2) is 4.98 Å². The van der Waals surface area contributed by atoms with Crippen molar-refractivity contribution in [3.63, 3.8) is 0 Å². The molecule has 1 aromatic heterocycles. The number of hydrogen-bond acceptors (Lipinski definition) is 5. The van der Waals surface area contributed by atoms with Gasteiger partial charge in [-0.2, -0.15) is 4.37 Å². The van der Waals surface area contributed by atoms with E-state index in [0.717, 1.165) is 22.5 Å². The van der Waals surface area contributed by atoms with Gasteiger partial charge in [0.2, 0.25) is 0 Å². The Kier molecular flexibility index (Phi) is 7.00. The third-order valence-corrected chi connectivity index (χ3v) is 4.33. The van der Waals surface area contributed by atoms with Gasteiger partial charge >= 0.3 is 0 Å². The van der Waals surface area contributed by atoms with Gasteiger partial charge in [0.1, 0.15) is 5.82 Å². The van der Waals surface area contributed by atoms with E-state index in [2.05, 4.69) is 28.5 Å². The third kappa shape index (κ3) is 5.82. The Bertz CT molecular complexity index is 289. The number of thioether (sulfide) groups is 1. The average molecular weight is 259 g/mol. The maximum Gasteiger partial charge on any atom is 0.170 e. The van der Waals surface area contributed by atoms with Crippen LogP contribution in [0.5, 0.6) is 0 Å². The zero-order valence-electron chi connectivity index (χ0n) is 10.3. The van der Waals surface area contributed by atoms with Gasteiger partial charge in [-0.05, 0) is 44.8 Å². The molecule has 0 aliphatic rings. The zero-order chi connectivity index (χ0) is 11.8. The number of hydrogen-bond donors (Lipinski definition) is 1. The first-order valence-corrected chi connectivity index (χ1v) is 7.64. The fourth-order valence-corrected chi connectivity index (χ4v) is 3.22. The highest BCUT2D eigenvalue weighted by Crippen LogP contribution is 2.21. The molecule has 0 bridgehead atoms. The van der Waals surface area contributed by atoms with Gasteiger partial charge in [-0.3, -0.25) is 0 Å². The quantitative estimate of drug-likeness (QED) is 0.575. The van der Waals surface area contributed by atoms with Gasteiger partial charge < -0.3 is 5.32 Å². The summed E-state index contributed by atoms with van der Waals surface area (Å²) >= 11 is 3.34. The average Bonchev–Trinajstić information content (AvgIpc) is 2.64. The highest BCUT2D eigenvalue weighted by molar-refractivity contribution is 8.00.